The van der Waals surface area contributed by atoms with Crippen molar-refractivity contribution in [1.29, 1.82) is 0 Å². The molecule has 0 aliphatic carbocycles. The lowest BCUT2D eigenvalue weighted by molar-refractivity contribution is 0.374. The summed E-state index contributed by atoms with van der Waals surface area (Å²) in [6, 6.07) is 7.17. The summed E-state index contributed by atoms with van der Waals surface area (Å²) >= 11 is 5.95. The normalized spacial score (nSPS) is 11.0. The minimum absolute atomic E-state index is 0.0718. The molecule has 0 saturated heterocycles. The molecule has 0 spiro atoms. The van der Waals surface area contributed by atoms with E-state index in [1.807, 2.05) is 0 Å². The van der Waals surface area contributed by atoms with Crippen LogP contribution in [0, 0.1) is 17.5 Å². The van der Waals surface area contributed by atoms with Crippen molar-refractivity contribution >= 4 is 11.6 Å². The van der Waals surface area contributed by atoms with Gasteiger partial charge in [0.2, 0.25) is 0 Å². The molecule has 24 heavy (non-hydrogen) atoms. The SMILES string of the molecule is O=c1onc(Cc2c(F)cccc2Cl)n1Cc1ccc(F)cc1F. The molecule has 0 aliphatic heterocycles. The molecule has 0 bridgehead atoms. The predicted molar refractivity (Wildman–Crippen MR) is 80.4 cm³/mol. The van der Waals surface area contributed by atoms with E-state index in [9.17, 15) is 18.0 Å². The molecule has 1 aromatic heterocycles. The lowest BCUT2D eigenvalue weighted by Crippen LogP contribution is -2.19. The summed E-state index contributed by atoms with van der Waals surface area (Å²) in [4.78, 5) is 11.8. The zero-order chi connectivity index (χ0) is 17.3. The van der Waals surface area contributed by atoms with E-state index in [2.05, 4.69) is 9.68 Å². The minimum atomic E-state index is -0.832. The van der Waals surface area contributed by atoms with Crippen LogP contribution in [-0.2, 0) is 13.0 Å². The summed E-state index contributed by atoms with van der Waals surface area (Å²) in [6.45, 7) is -0.226. The summed E-state index contributed by atoms with van der Waals surface area (Å²) in [7, 11) is 0. The summed E-state index contributed by atoms with van der Waals surface area (Å²) in [5.41, 5.74) is 0.211. The number of benzene rings is 2. The van der Waals surface area contributed by atoms with Gasteiger partial charge in [0.05, 0.1) is 6.54 Å². The van der Waals surface area contributed by atoms with Crippen molar-refractivity contribution in [3.05, 3.63) is 86.4 Å². The summed E-state index contributed by atoms with van der Waals surface area (Å²) in [5.74, 6) is -2.85. The van der Waals surface area contributed by atoms with Crippen LogP contribution in [-0.4, -0.2) is 9.72 Å². The highest BCUT2D eigenvalue weighted by atomic mass is 35.5. The average Bonchev–Trinajstić information content (AvgIpc) is 2.86. The molecule has 0 unspecified atom stereocenters. The highest BCUT2D eigenvalue weighted by molar-refractivity contribution is 6.31. The molecule has 3 rings (SSSR count). The monoisotopic (exact) mass is 354 g/mol. The van der Waals surface area contributed by atoms with Crippen LogP contribution in [0.3, 0.4) is 0 Å². The topological polar surface area (TPSA) is 48.0 Å². The van der Waals surface area contributed by atoms with E-state index >= 15 is 0 Å². The molecule has 3 aromatic rings. The summed E-state index contributed by atoms with van der Waals surface area (Å²) in [5, 5.41) is 3.76. The number of halogens is 4. The van der Waals surface area contributed by atoms with E-state index in [0.29, 0.717) is 6.07 Å². The van der Waals surface area contributed by atoms with Gasteiger partial charge in [0.25, 0.3) is 0 Å². The standard InChI is InChI=1S/C16H10ClF3N2O2/c17-12-2-1-3-13(19)11(12)7-15-21-24-16(23)22(15)8-9-4-5-10(18)6-14(9)20/h1-6H,7-8H2. The maximum Gasteiger partial charge on any atom is 0.441 e. The molecular weight excluding hydrogens is 345 g/mol. The molecule has 0 atom stereocenters. The van der Waals surface area contributed by atoms with Crippen LogP contribution in [0.15, 0.2) is 45.7 Å². The van der Waals surface area contributed by atoms with E-state index < -0.39 is 23.2 Å². The second kappa shape index (κ2) is 6.52. The molecule has 0 N–H and O–H groups in total. The van der Waals surface area contributed by atoms with Gasteiger partial charge in [-0.05, 0) is 18.2 Å². The third-order valence-electron chi connectivity index (χ3n) is 3.50. The zero-order valence-corrected chi connectivity index (χ0v) is 12.9. The van der Waals surface area contributed by atoms with Gasteiger partial charge < -0.3 is 0 Å². The molecule has 2 aromatic carbocycles. The van der Waals surface area contributed by atoms with Gasteiger partial charge in [-0.15, -0.1) is 0 Å². The van der Waals surface area contributed by atoms with Crippen LogP contribution >= 0.6 is 11.6 Å². The number of aromatic nitrogens is 2. The van der Waals surface area contributed by atoms with Crippen LogP contribution in [0.25, 0.3) is 0 Å². The number of nitrogens with zero attached hydrogens (tertiary/aromatic N) is 2. The fourth-order valence-electron chi connectivity index (χ4n) is 2.26. The van der Waals surface area contributed by atoms with Crippen LogP contribution in [0.5, 0.6) is 0 Å². The predicted octanol–water partition coefficient (Wildman–Crippen LogP) is 3.55. The Bertz CT molecular complexity index is 932. The lowest BCUT2D eigenvalue weighted by Gasteiger charge is -2.08. The third-order valence-corrected chi connectivity index (χ3v) is 3.86. The molecular formula is C16H10ClF3N2O2. The molecule has 0 radical (unpaired) electrons. The highest BCUT2D eigenvalue weighted by Crippen LogP contribution is 2.22. The van der Waals surface area contributed by atoms with Gasteiger partial charge in [-0.1, -0.05) is 28.9 Å². The molecule has 0 aliphatic rings. The van der Waals surface area contributed by atoms with Crippen molar-refractivity contribution in [3.63, 3.8) is 0 Å². The molecule has 0 saturated carbocycles. The molecule has 1 heterocycles. The molecule has 4 nitrogen and oxygen atoms in total. The molecule has 0 fully saturated rings. The van der Waals surface area contributed by atoms with E-state index in [1.54, 1.807) is 0 Å². The first-order valence-electron chi connectivity index (χ1n) is 6.88. The van der Waals surface area contributed by atoms with Gasteiger partial charge in [0.1, 0.15) is 17.5 Å². The van der Waals surface area contributed by atoms with E-state index in [-0.39, 0.29) is 34.9 Å². The zero-order valence-electron chi connectivity index (χ0n) is 12.1. The Kier molecular flexibility index (Phi) is 4.44. The van der Waals surface area contributed by atoms with Crippen molar-refractivity contribution in [1.82, 2.24) is 9.72 Å². The fraction of sp³-hybridized carbons (Fsp3) is 0.125. The molecule has 0 amide bonds. The summed E-state index contributed by atoms with van der Waals surface area (Å²) < 4.78 is 46.2. The first kappa shape index (κ1) is 16.3. The Morgan fingerprint density at radius 1 is 1.12 bits per heavy atom. The quantitative estimate of drug-likeness (QED) is 0.720. The maximum absolute atomic E-state index is 13.9. The molecule has 8 heteroatoms. The van der Waals surface area contributed by atoms with E-state index in [1.165, 1.54) is 24.3 Å². The van der Waals surface area contributed by atoms with Gasteiger partial charge >= 0.3 is 5.76 Å². The average molecular weight is 355 g/mol. The Hall–Kier alpha value is -2.54. The smallest absolute Gasteiger partial charge is 0.296 e. The fourth-order valence-corrected chi connectivity index (χ4v) is 2.49. The van der Waals surface area contributed by atoms with Crippen LogP contribution in [0.4, 0.5) is 13.2 Å². The maximum atomic E-state index is 13.9. The number of hydrogen-bond donors (Lipinski definition) is 0. The molecule has 124 valence electrons. The van der Waals surface area contributed by atoms with Crippen molar-refractivity contribution in [3.8, 4) is 0 Å². The second-order valence-corrected chi connectivity index (χ2v) is 5.47. The lowest BCUT2D eigenvalue weighted by atomic mass is 10.1. The van der Waals surface area contributed by atoms with Crippen LogP contribution in [0.1, 0.15) is 17.0 Å². The number of rotatable bonds is 4. The summed E-state index contributed by atoms with van der Waals surface area (Å²) in [6.07, 6.45) is -0.111. The highest BCUT2D eigenvalue weighted by Gasteiger charge is 2.17. The van der Waals surface area contributed by atoms with Crippen molar-refractivity contribution < 1.29 is 17.7 Å². The van der Waals surface area contributed by atoms with E-state index in [0.717, 1.165) is 10.6 Å². The van der Waals surface area contributed by atoms with Crippen LogP contribution in [0.2, 0.25) is 5.02 Å². The largest absolute Gasteiger partial charge is 0.441 e. The van der Waals surface area contributed by atoms with Gasteiger partial charge in [0, 0.05) is 28.6 Å². The Morgan fingerprint density at radius 2 is 1.92 bits per heavy atom. The van der Waals surface area contributed by atoms with Gasteiger partial charge in [-0.3, -0.25) is 9.09 Å². The van der Waals surface area contributed by atoms with Gasteiger partial charge in [-0.2, -0.15) is 0 Å². The third kappa shape index (κ3) is 3.21. The van der Waals surface area contributed by atoms with Gasteiger partial charge in [-0.25, -0.2) is 18.0 Å². The second-order valence-electron chi connectivity index (χ2n) is 5.06. The Labute approximate surface area is 139 Å². The van der Waals surface area contributed by atoms with Gasteiger partial charge in [0.15, 0.2) is 5.82 Å². The van der Waals surface area contributed by atoms with Crippen LogP contribution < -0.4 is 5.76 Å². The number of hydrogen-bond acceptors (Lipinski definition) is 3. The first-order valence-corrected chi connectivity index (χ1v) is 7.25. The van der Waals surface area contributed by atoms with E-state index in [4.69, 9.17) is 11.6 Å². The first-order chi connectivity index (χ1) is 11.5. The minimum Gasteiger partial charge on any atom is -0.296 e. The van der Waals surface area contributed by atoms with Crippen molar-refractivity contribution in [2.75, 3.05) is 0 Å². The Balaban J connectivity index is 1.96. The van der Waals surface area contributed by atoms with Crippen molar-refractivity contribution in [2.45, 2.75) is 13.0 Å². The van der Waals surface area contributed by atoms with Crippen molar-refractivity contribution in [2.24, 2.45) is 0 Å². The Morgan fingerprint density at radius 3 is 2.62 bits per heavy atom.